The second kappa shape index (κ2) is 5.40. The fourth-order valence-corrected chi connectivity index (χ4v) is 2.70. The first kappa shape index (κ1) is 13.5. The third-order valence-electron chi connectivity index (χ3n) is 3.83. The van der Waals surface area contributed by atoms with Gasteiger partial charge in [0, 0.05) is 31.6 Å². The van der Waals surface area contributed by atoms with E-state index in [4.69, 9.17) is 0 Å². The minimum absolute atomic E-state index is 0.304. The van der Waals surface area contributed by atoms with Gasteiger partial charge in [0.05, 0.1) is 5.56 Å². The van der Waals surface area contributed by atoms with Crippen molar-refractivity contribution in [1.82, 2.24) is 4.98 Å². The largest absolute Gasteiger partial charge is 0.356 e. The summed E-state index contributed by atoms with van der Waals surface area (Å²) in [6.07, 6.45) is 2.99. The number of pyridine rings is 1. The molecule has 1 aliphatic carbocycles. The van der Waals surface area contributed by atoms with Crippen molar-refractivity contribution in [3.05, 3.63) is 22.9 Å². The van der Waals surface area contributed by atoms with Crippen LogP contribution in [-0.4, -0.2) is 23.9 Å². The van der Waals surface area contributed by atoms with Crippen molar-refractivity contribution in [2.24, 2.45) is 0 Å². The predicted molar refractivity (Wildman–Crippen MR) is 74.1 cm³/mol. The molecule has 4 nitrogen and oxygen atoms in total. The monoisotopic (exact) mass is 257 g/mol. The first-order valence-electron chi connectivity index (χ1n) is 6.65. The molecular weight excluding hydrogens is 238 g/mol. The summed E-state index contributed by atoms with van der Waals surface area (Å²) in [4.78, 5) is 17.9. The van der Waals surface area contributed by atoms with E-state index in [1.807, 2.05) is 27.0 Å². The van der Waals surface area contributed by atoms with Gasteiger partial charge in [-0.25, -0.2) is 4.98 Å². The van der Waals surface area contributed by atoms with Crippen LogP contribution in [0.5, 0.6) is 0 Å². The van der Waals surface area contributed by atoms with Crippen LogP contribution in [0.2, 0.25) is 0 Å². The smallest absolute Gasteiger partial charge is 0.147 e. The Bertz CT molecular complexity index is 535. The second-order valence-corrected chi connectivity index (χ2v) is 5.27. The van der Waals surface area contributed by atoms with E-state index in [-0.39, 0.29) is 0 Å². The molecular formula is C15H19N3O. The van der Waals surface area contributed by atoms with Gasteiger partial charge in [-0.15, -0.1) is 0 Å². The van der Waals surface area contributed by atoms with Crippen molar-refractivity contribution in [1.29, 1.82) is 5.26 Å². The average Bonchev–Trinajstić information content (AvgIpc) is 2.38. The van der Waals surface area contributed by atoms with Crippen LogP contribution in [0.3, 0.4) is 0 Å². The predicted octanol–water partition coefficient (Wildman–Crippen LogP) is 2.52. The van der Waals surface area contributed by atoms with Crippen molar-refractivity contribution >= 4 is 11.6 Å². The Labute approximate surface area is 114 Å². The molecule has 2 rings (SSSR count). The number of carbonyl (C=O) groups excluding carboxylic acids is 1. The first-order valence-corrected chi connectivity index (χ1v) is 6.65. The average molecular weight is 257 g/mol. The summed E-state index contributed by atoms with van der Waals surface area (Å²) < 4.78 is 0. The van der Waals surface area contributed by atoms with E-state index in [0.717, 1.165) is 29.9 Å². The highest BCUT2D eigenvalue weighted by atomic mass is 16.1. The number of Topliss-reactive ketones (excluding diaryl/α,β-unsaturated/α-hetero) is 1. The molecule has 0 spiro atoms. The first-order chi connectivity index (χ1) is 9.02. The molecule has 0 atom stereocenters. The zero-order valence-corrected chi connectivity index (χ0v) is 11.7. The molecule has 1 fully saturated rings. The summed E-state index contributed by atoms with van der Waals surface area (Å²) >= 11 is 0. The highest BCUT2D eigenvalue weighted by molar-refractivity contribution is 5.79. The fourth-order valence-electron chi connectivity index (χ4n) is 2.70. The van der Waals surface area contributed by atoms with Crippen molar-refractivity contribution in [3.63, 3.8) is 0 Å². The lowest BCUT2D eigenvalue weighted by Crippen LogP contribution is -2.36. The van der Waals surface area contributed by atoms with Crippen LogP contribution in [0.4, 0.5) is 5.82 Å². The highest BCUT2D eigenvalue weighted by Gasteiger charge is 2.25. The van der Waals surface area contributed by atoms with Gasteiger partial charge >= 0.3 is 0 Å². The summed E-state index contributed by atoms with van der Waals surface area (Å²) in [7, 11) is 1.97. The lowest BCUT2D eigenvalue weighted by Gasteiger charge is -2.32. The number of ketones is 1. The summed E-state index contributed by atoms with van der Waals surface area (Å²) in [6.45, 7) is 3.88. The Morgan fingerprint density at radius 1 is 1.37 bits per heavy atom. The molecule has 0 bridgehead atoms. The Hall–Kier alpha value is -1.89. The van der Waals surface area contributed by atoms with E-state index in [0.29, 0.717) is 30.2 Å². The lowest BCUT2D eigenvalue weighted by atomic mass is 9.93. The maximum absolute atomic E-state index is 11.3. The molecule has 0 aromatic carbocycles. The van der Waals surface area contributed by atoms with Crippen molar-refractivity contribution in [2.45, 2.75) is 45.6 Å². The molecule has 0 saturated heterocycles. The minimum Gasteiger partial charge on any atom is -0.356 e. The van der Waals surface area contributed by atoms with E-state index >= 15 is 0 Å². The number of anilines is 1. The zero-order valence-electron chi connectivity index (χ0n) is 11.7. The molecule has 100 valence electrons. The number of nitrogens with zero attached hydrogens (tertiary/aromatic N) is 3. The number of hydrogen-bond acceptors (Lipinski definition) is 4. The number of hydrogen-bond donors (Lipinski definition) is 0. The molecule has 0 N–H and O–H groups in total. The Kier molecular flexibility index (Phi) is 3.84. The SMILES string of the molecule is Cc1cc(C)c(C#N)c(N(C)C2CCC(=O)CC2)n1. The van der Waals surface area contributed by atoms with Gasteiger partial charge in [-0.05, 0) is 38.3 Å². The molecule has 1 aliphatic rings. The molecule has 0 radical (unpaired) electrons. The van der Waals surface area contributed by atoms with E-state index in [1.165, 1.54) is 0 Å². The Morgan fingerprint density at radius 3 is 2.58 bits per heavy atom. The number of aromatic nitrogens is 1. The number of carbonyl (C=O) groups is 1. The zero-order chi connectivity index (χ0) is 14.0. The van der Waals surface area contributed by atoms with Gasteiger partial charge < -0.3 is 4.90 Å². The van der Waals surface area contributed by atoms with Crippen molar-refractivity contribution < 1.29 is 4.79 Å². The van der Waals surface area contributed by atoms with E-state index < -0.39 is 0 Å². The molecule has 0 amide bonds. The van der Waals surface area contributed by atoms with E-state index in [9.17, 15) is 10.1 Å². The van der Waals surface area contributed by atoms with Gasteiger partial charge in [-0.3, -0.25) is 4.79 Å². The topological polar surface area (TPSA) is 57.0 Å². The fraction of sp³-hybridized carbons (Fsp3) is 0.533. The Morgan fingerprint density at radius 2 is 2.00 bits per heavy atom. The normalized spacial score (nSPS) is 16.2. The second-order valence-electron chi connectivity index (χ2n) is 5.27. The van der Waals surface area contributed by atoms with Crippen LogP contribution in [-0.2, 0) is 4.79 Å². The molecule has 1 aromatic rings. The summed E-state index contributed by atoms with van der Waals surface area (Å²) in [6, 6.07) is 4.48. The van der Waals surface area contributed by atoms with Gasteiger partial charge in [-0.1, -0.05) is 0 Å². The standard InChI is InChI=1S/C15H19N3O/c1-10-8-11(2)17-15(14(10)9-16)18(3)12-4-6-13(19)7-5-12/h8,12H,4-7H2,1-3H3. The number of aryl methyl sites for hydroxylation is 2. The maximum atomic E-state index is 11.3. The van der Waals surface area contributed by atoms with Crippen LogP contribution < -0.4 is 4.90 Å². The molecule has 19 heavy (non-hydrogen) atoms. The molecule has 1 heterocycles. The Balaban J connectivity index is 2.31. The quantitative estimate of drug-likeness (QED) is 0.817. The van der Waals surface area contributed by atoms with Crippen LogP contribution in [0, 0.1) is 25.2 Å². The molecule has 1 aromatic heterocycles. The van der Waals surface area contributed by atoms with Gasteiger partial charge in [0.1, 0.15) is 17.7 Å². The van der Waals surface area contributed by atoms with Gasteiger partial charge in [0.25, 0.3) is 0 Å². The van der Waals surface area contributed by atoms with Gasteiger partial charge in [-0.2, -0.15) is 5.26 Å². The molecule has 0 aliphatic heterocycles. The number of nitriles is 1. The molecule has 1 saturated carbocycles. The van der Waals surface area contributed by atoms with Gasteiger partial charge in [0.15, 0.2) is 0 Å². The summed E-state index contributed by atoms with van der Waals surface area (Å²) in [5, 5.41) is 9.31. The maximum Gasteiger partial charge on any atom is 0.147 e. The molecule has 0 unspecified atom stereocenters. The van der Waals surface area contributed by atoms with Crippen molar-refractivity contribution in [2.75, 3.05) is 11.9 Å². The van der Waals surface area contributed by atoms with Crippen LogP contribution >= 0.6 is 0 Å². The summed E-state index contributed by atoms with van der Waals surface area (Å²) in [5.74, 6) is 1.10. The van der Waals surface area contributed by atoms with E-state index in [2.05, 4.69) is 16.0 Å². The third kappa shape index (κ3) is 2.76. The lowest BCUT2D eigenvalue weighted by molar-refractivity contribution is -0.120. The van der Waals surface area contributed by atoms with Gasteiger partial charge in [0.2, 0.25) is 0 Å². The summed E-state index contributed by atoms with van der Waals surface area (Å²) in [5.41, 5.74) is 2.53. The van der Waals surface area contributed by atoms with Crippen LogP contribution in [0.25, 0.3) is 0 Å². The minimum atomic E-state index is 0.304. The van der Waals surface area contributed by atoms with Crippen LogP contribution in [0.15, 0.2) is 6.07 Å². The molecule has 4 heteroatoms. The van der Waals surface area contributed by atoms with Crippen LogP contribution in [0.1, 0.15) is 42.5 Å². The highest BCUT2D eigenvalue weighted by Crippen LogP contribution is 2.27. The third-order valence-corrected chi connectivity index (χ3v) is 3.83. The van der Waals surface area contributed by atoms with E-state index in [1.54, 1.807) is 0 Å². The van der Waals surface area contributed by atoms with Crippen molar-refractivity contribution in [3.8, 4) is 6.07 Å². The number of rotatable bonds is 2.